The summed E-state index contributed by atoms with van der Waals surface area (Å²) in [5.41, 5.74) is 1.33. The van der Waals surface area contributed by atoms with Gasteiger partial charge < -0.3 is 4.74 Å². The first kappa shape index (κ1) is 9.46. The molecule has 0 fully saturated rings. The average Bonchev–Trinajstić information content (AvgIpc) is 2.64. The highest BCUT2D eigenvalue weighted by molar-refractivity contribution is 9.11. The lowest BCUT2D eigenvalue weighted by Crippen LogP contribution is -2.29. The molecule has 3 rings (SSSR count). The monoisotopic (exact) mass is 264 g/mol. The van der Waals surface area contributed by atoms with Crippen LogP contribution in [0.5, 0.6) is 5.75 Å². The molecule has 0 bridgehead atoms. The Morgan fingerprint density at radius 1 is 1.33 bits per heavy atom. The van der Waals surface area contributed by atoms with Gasteiger partial charge in [0.1, 0.15) is 11.9 Å². The Hall–Kier alpha value is -0.760. The zero-order chi connectivity index (χ0) is 10.4. The summed E-state index contributed by atoms with van der Waals surface area (Å²) in [4.78, 5) is 0. The molecule has 3 atom stereocenters. The molecule has 1 aliphatic heterocycles. The van der Waals surface area contributed by atoms with Gasteiger partial charge in [-0.25, -0.2) is 0 Å². The van der Waals surface area contributed by atoms with Gasteiger partial charge in [0.05, 0.1) is 5.92 Å². The minimum atomic E-state index is 0.321. The second-order valence-electron chi connectivity index (χ2n) is 4.40. The van der Waals surface area contributed by atoms with Gasteiger partial charge in [0.25, 0.3) is 0 Å². The number of benzene rings is 1. The number of hydrogen-bond acceptors (Lipinski definition) is 1. The molecule has 0 N–H and O–H groups in total. The second-order valence-corrected chi connectivity index (χ2v) is 5.32. The van der Waals surface area contributed by atoms with Gasteiger partial charge in [0.15, 0.2) is 0 Å². The Labute approximate surface area is 98.3 Å². The van der Waals surface area contributed by atoms with Crippen LogP contribution in [0, 0.1) is 5.92 Å². The van der Waals surface area contributed by atoms with Crippen molar-refractivity contribution in [2.45, 2.75) is 25.4 Å². The van der Waals surface area contributed by atoms with Crippen LogP contribution in [-0.4, -0.2) is 6.10 Å². The van der Waals surface area contributed by atoms with Gasteiger partial charge in [-0.2, -0.15) is 0 Å². The van der Waals surface area contributed by atoms with E-state index in [1.807, 2.05) is 6.07 Å². The Balaban J connectivity index is 2.10. The molecular weight excluding hydrogens is 252 g/mol. The molecule has 0 amide bonds. The first-order chi connectivity index (χ1) is 7.27. The normalized spacial score (nSPS) is 32.7. The highest BCUT2D eigenvalue weighted by atomic mass is 79.9. The molecule has 0 radical (unpaired) electrons. The van der Waals surface area contributed by atoms with Gasteiger partial charge >= 0.3 is 0 Å². The summed E-state index contributed by atoms with van der Waals surface area (Å²) >= 11 is 3.67. The lowest BCUT2D eigenvalue weighted by Gasteiger charge is -2.28. The fourth-order valence-electron chi connectivity index (χ4n) is 2.55. The van der Waals surface area contributed by atoms with E-state index in [1.54, 1.807) is 0 Å². The fourth-order valence-corrected chi connectivity index (χ4v) is 3.24. The first-order valence-corrected chi connectivity index (χ1v) is 6.18. The summed E-state index contributed by atoms with van der Waals surface area (Å²) in [5.74, 6) is 2.08. The summed E-state index contributed by atoms with van der Waals surface area (Å²) in [7, 11) is 0. The van der Waals surface area contributed by atoms with Gasteiger partial charge in [-0.1, -0.05) is 47.1 Å². The van der Waals surface area contributed by atoms with Crippen LogP contribution in [-0.2, 0) is 0 Å². The Morgan fingerprint density at radius 2 is 2.13 bits per heavy atom. The Kier molecular flexibility index (Phi) is 2.13. The Morgan fingerprint density at radius 3 is 3.00 bits per heavy atom. The van der Waals surface area contributed by atoms with Crippen molar-refractivity contribution in [2.24, 2.45) is 5.92 Å². The van der Waals surface area contributed by atoms with E-state index in [4.69, 9.17) is 4.74 Å². The SMILES string of the molecule is CC1CC=C(Br)C2c3ccccc3OC12. The maximum absolute atomic E-state index is 6.02. The molecule has 0 spiro atoms. The highest BCUT2D eigenvalue weighted by Gasteiger charge is 2.40. The molecule has 2 aliphatic rings. The van der Waals surface area contributed by atoms with E-state index >= 15 is 0 Å². The van der Waals surface area contributed by atoms with E-state index in [9.17, 15) is 0 Å². The minimum Gasteiger partial charge on any atom is -0.489 e. The summed E-state index contributed by atoms with van der Waals surface area (Å²) in [6.07, 6.45) is 3.72. The van der Waals surface area contributed by atoms with Crippen LogP contribution in [0.3, 0.4) is 0 Å². The molecular formula is C13H13BrO. The van der Waals surface area contributed by atoms with Crippen molar-refractivity contribution in [3.8, 4) is 5.75 Å². The third-order valence-corrected chi connectivity index (χ3v) is 4.21. The van der Waals surface area contributed by atoms with Crippen LogP contribution in [0.4, 0.5) is 0 Å². The number of halogens is 1. The van der Waals surface area contributed by atoms with E-state index < -0.39 is 0 Å². The minimum absolute atomic E-state index is 0.321. The molecule has 0 saturated heterocycles. The summed E-state index contributed by atoms with van der Waals surface area (Å²) in [6.45, 7) is 2.26. The topological polar surface area (TPSA) is 9.23 Å². The van der Waals surface area contributed by atoms with E-state index in [2.05, 4.69) is 47.1 Å². The predicted octanol–water partition coefficient (Wildman–Crippen LogP) is 3.85. The van der Waals surface area contributed by atoms with Crippen LogP contribution < -0.4 is 4.74 Å². The van der Waals surface area contributed by atoms with Crippen LogP contribution in [0.1, 0.15) is 24.8 Å². The molecule has 1 heterocycles. The van der Waals surface area contributed by atoms with Crippen molar-refractivity contribution < 1.29 is 4.74 Å². The maximum Gasteiger partial charge on any atom is 0.123 e. The van der Waals surface area contributed by atoms with E-state index in [1.165, 1.54) is 10.0 Å². The molecule has 0 saturated carbocycles. The van der Waals surface area contributed by atoms with Crippen LogP contribution >= 0.6 is 15.9 Å². The third-order valence-electron chi connectivity index (χ3n) is 3.39. The molecule has 0 aromatic heterocycles. The number of ether oxygens (including phenoxy) is 1. The Bertz CT molecular complexity index is 424. The van der Waals surface area contributed by atoms with Crippen molar-refractivity contribution in [1.29, 1.82) is 0 Å². The zero-order valence-electron chi connectivity index (χ0n) is 8.61. The molecule has 3 unspecified atom stereocenters. The zero-order valence-corrected chi connectivity index (χ0v) is 10.2. The summed E-state index contributed by atoms with van der Waals surface area (Å²) in [5, 5.41) is 0. The largest absolute Gasteiger partial charge is 0.489 e. The molecule has 2 heteroatoms. The van der Waals surface area contributed by atoms with E-state index in [-0.39, 0.29) is 0 Å². The maximum atomic E-state index is 6.02. The van der Waals surface area contributed by atoms with Crippen molar-refractivity contribution in [1.82, 2.24) is 0 Å². The summed E-state index contributed by atoms with van der Waals surface area (Å²) in [6, 6.07) is 8.37. The number of rotatable bonds is 0. The first-order valence-electron chi connectivity index (χ1n) is 5.38. The third kappa shape index (κ3) is 1.35. The average molecular weight is 265 g/mol. The van der Waals surface area contributed by atoms with E-state index in [0.717, 1.165) is 12.2 Å². The molecule has 78 valence electrons. The lowest BCUT2D eigenvalue weighted by molar-refractivity contribution is 0.150. The van der Waals surface area contributed by atoms with E-state index in [0.29, 0.717) is 17.9 Å². The lowest BCUT2D eigenvalue weighted by atomic mass is 9.82. The predicted molar refractivity (Wildman–Crippen MR) is 64.4 cm³/mol. The standard InChI is InChI=1S/C13H13BrO/c1-8-6-7-10(14)12-9-4-2-3-5-11(9)15-13(8)12/h2-5,7-8,12-13H,6H2,1H3. The van der Waals surface area contributed by atoms with Gasteiger partial charge in [-0.15, -0.1) is 0 Å². The van der Waals surface area contributed by atoms with Crippen molar-refractivity contribution in [2.75, 3.05) is 0 Å². The number of para-hydroxylation sites is 1. The van der Waals surface area contributed by atoms with Crippen molar-refractivity contribution >= 4 is 15.9 Å². The molecule has 1 aliphatic carbocycles. The second kappa shape index (κ2) is 3.38. The smallest absolute Gasteiger partial charge is 0.123 e. The molecule has 15 heavy (non-hydrogen) atoms. The van der Waals surface area contributed by atoms with Gasteiger partial charge in [-0.05, 0) is 18.4 Å². The quantitative estimate of drug-likeness (QED) is 0.692. The van der Waals surface area contributed by atoms with Crippen LogP contribution in [0.25, 0.3) is 0 Å². The molecule has 1 nitrogen and oxygen atoms in total. The number of hydrogen-bond donors (Lipinski definition) is 0. The molecule has 1 aromatic carbocycles. The summed E-state index contributed by atoms with van der Waals surface area (Å²) < 4.78 is 7.31. The van der Waals surface area contributed by atoms with Gasteiger partial charge in [0.2, 0.25) is 0 Å². The van der Waals surface area contributed by atoms with Crippen molar-refractivity contribution in [3.05, 3.63) is 40.4 Å². The number of allylic oxidation sites excluding steroid dienone is 1. The van der Waals surface area contributed by atoms with Gasteiger partial charge in [-0.3, -0.25) is 0 Å². The van der Waals surface area contributed by atoms with Crippen LogP contribution in [0.2, 0.25) is 0 Å². The van der Waals surface area contributed by atoms with Gasteiger partial charge in [0, 0.05) is 10.0 Å². The van der Waals surface area contributed by atoms with Crippen molar-refractivity contribution in [3.63, 3.8) is 0 Å². The highest BCUT2D eigenvalue weighted by Crippen LogP contribution is 2.49. The number of fused-ring (bicyclic) bond motifs is 3. The molecule has 1 aromatic rings. The van der Waals surface area contributed by atoms with Crippen LogP contribution in [0.15, 0.2) is 34.8 Å². The fraction of sp³-hybridized carbons (Fsp3) is 0.385.